The van der Waals surface area contributed by atoms with Gasteiger partial charge in [-0.1, -0.05) is 51.0 Å². The van der Waals surface area contributed by atoms with E-state index in [9.17, 15) is 29.3 Å². The summed E-state index contributed by atoms with van der Waals surface area (Å²) < 4.78 is 11.3. The van der Waals surface area contributed by atoms with Crippen molar-refractivity contribution in [3.8, 4) is 11.5 Å². The number of methoxy groups -OCH3 is 1. The third-order valence-electron chi connectivity index (χ3n) is 9.55. The van der Waals surface area contributed by atoms with E-state index in [0.29, 0.717) is 56.4 Å². The quantitative estimate of drug-likeness (QED) is 0.114. The van der Waals surface area contributed by atoms with Crippen LogP contribution in [0.5, 0.6) is 11.5 Å². The number of nitro benzene ring substituents is 1. The van der Waals surface area contributed by atoms with Crippen molar-refractivity contribution in [2.24, 2.45) is 0 Å². The minimum absolute atomic E-state index is 0.145. The molecule has 2 saturated heterocycles. The molecule has 2 fully saturated rings. The summed E-state index contributed by atoms with van der Waals surface area (Å²) in [4.78, 5) is 69.3. The maximum absolute atomic E-state index is 13.2. The number of benzene rings is 3. The summed E-state index contributed by atoms with van der Waals surface area (Å²) >= 11 is 0. The van der Waals surface area contributed by atoms with Crippen LogP contribution in [-0.4, -0.2) is 121 Å². The second kappa shape index (κ2) is 16.7. The van der Waals surface area contributed by atoms with Gasteiger partial charge in [0, 0.05) is 74.9 Å². The Balaban J connectivity index is 0.00000115. The molecule has 50 heavy (non-hydrogen) atoms. The van der Waals surface area contributed by atoms with Gasteiger partial charge in [0.15, 0.2) is 11.5 Å². The fourth-order valence-electron chi connectivity index (χ4n) is 6.53. The lowest BCUT2D eigenvalue weighted by molar-refractivity contribution is -0.385. The summed E-state index contributed by atoms with van der Waals surface area (Å²) in [6.45, 7) is 9.35. The number of piperazine rings is 1. The average molecular weight is 688 g/mol. The Morgan fingerprint density at radius 3 is 2.08 bits per heavy atom. The van der Waals surface area contributed by atoms with Gasteiger partial charge in [-0.25, -0.2) is 0 Å². The molecule has 0 unspecified atom stereocenters. The van der Waals surface area contributed by atoms with Gasteiger partial charge in [-0.2, -0.15) is 0 Å². The number of hydrogen-bond acceptors (Lipinski definition) is 10. The Labute approximate surface area is 291 Å². The van der Waals surface area contributed by atoms with Crippen molar-refractivity contribution >= 4 is 40.5 Å². The van der Waals surface area contributed by atoms with Gasteiger partial charge >= 0.3 is 0 Å². The van der Waals surface area contributed by atoms with E-state index in [1.165, 1.54) is 41.9 Å². The Kier molecular flexibility index (Phi) is 12.1. The number of imide groups is 1. The molecule has 3 aromatic rings. The van der Waals surface area contributed by atoms with Crippen LogP contribution >= 0.6 is 0 Å². The van der Waals surface area contributed by atoms with Crippen molar-refractivity contribution in [3.05, 3.63) is 75.3 Å². The lowest BCUT2D eigenvalue weighted by Crippen LogP contribution is -2.50. The molecule has 0 bridgehead atoms. The number of carbonyl (C=O) groups excluding carboxylic acids is 4. The van der Waals surface area contributed by atoms with E-state index in [0.717, 1.165) is 37.0 Å². The fourth-order valence-corrected chi connectivity index (χ4v) is 6.53. The molecule has 0 radical (unpaired) electrons. The maximum Gasteiger partial charge on any atom is 0.286 e. The van der Waals surface area contributed by atoms with Gasteiger partial charge in [0.2, 0.25) is 0 Å². The highest BCUT2D eigenvalue weighted by Gasteiger charge is 2.35. The number of ether oxygens (including phenoxy) is 2. The molecule has 0 aromatic heterocycles. The number of rotatable bonds is 12. The van der Waals surface area contributed by atoms with Gasteiger partial charge in [0.05, 0.1) is 24.1 Å². The number of hydrogen-bond donors (Lipinski definition) is 0. The summed E-state index contributed by atoms with van der Waals surface area (Å²) in [6, 6.07) is 12.9. The van der Waals surface area contributed by atoms with Crippen LogP contribution in [0.15, 0.2) is 48.5 Å². The van der Waals surface area contributed by atoms with Crippen LogP contribution in [0.2, 0.25) is 0 Å². The Bertz CT molecular complexity index is 1690. The van der Waals surface area contributed by atoms with Crippen molar-refractivity contribution in [2.45, 2.75) is 45.6 Å². The minimum atomic E-state index is -0.630. The van der Waals surface area contributed by atoms with Crippen molar-refractivity contribution in [2.75, 3.05) is 66.1 Å². The van der Waals surface area contributed by atoms with Crippen LogP contribution in [0, 0.1) is 10.1 Å². The molecule has 13 nitrogen and oxygen atoms in total. The number of nitro groups is 1. The molecule has 3 aromatic carbocycles. The monoisotopic (exact) mass is 687 g/mol. The van der Waals surface area contributed by atoms with Gasteiger partial charge in [0.25, 0.3) is 23.4 Å². The SMILES string of the molecule is CCCC.COc1cc(C(=O)N2CCC[C@H]2C=O)c([N+](=O)[O-])cc1OCCN1CCN(CCN2C(=O)c3cccc4cccc(c34)C2=O)CC1. The third kappa shape index (κ3) is 7.79. The van der Waals surface area contributed by atoms with Crippen molar-refractivity contribution in [1.82, 2.24) is 19.6 Å². The third-order valence-corrected chi connectivity index (χ3v) is 9.55. The van der Waals surface area contributed by atoms with Crippen LogP contribution in [0.4, 0.5) is 5.69 Å². The van der Waals surface area contributed by atoms with Crippen LogP contribution in [0.1, 0.15) is 70.6 Å². The number of nitrogens with zero attached hydrogens (tertiary/aromatic N) is 5. The molecule has 13 heteroatoms. The zero-order valence-electron chi connectivity index (χ0n) is 29.0. The van der Waals surface area contributed by atoms with Crippen molar-refractivity contribution < 1.29 is 33.6 Å². The average Bonchev–Trinajstić information content (AvgIpc) is 3.63. The lowest BCUT2D eigenvalue weighted by atomic mass is 9.94. The van der Waals surface area contributed by atoms with Crippen LogP contribution in [0.25, 0.3) is 10.8 Å². The normalized spacial score (nSPS) is 17.8. The zero-order chi connectivity index (χ0) is 35.8. The number of likely N-dealkylation sites (tertiary alicyclic amines) is 1. The topological polar surface area (TPSA) is 143 Å². The van der Waals surface area contributed by atoms with E-state index >= 15 is 0 Å². The van der Waals surface area contributed by atoms with Gasteiger partial charge in [-0.05, 0) is 30.4 Å². The second-order valence-corrected chi connectivity index (χ2v) is 12.6. The molecule has 3 amide bonds. The molecule has 3 aliphatic rings. The standard InChI is InChI=1S/C33H35N5O8.C4H10/c1-45-28-19-26(33(42)36-10-4-7-23(36)21-39)27(38(43)44)20-29(28)46-18-17-35-13-11-34(12-14-35)15-16-37-31(40)24-8-2-5-22-6-3-9-25(30(22)24)32(37)41;1-3-4-2/h2-3,5-6,8-9,19-21,23H,4,7,10-18H2,1H3;3-4H2,1-2H3/t23-;/m0./s1. The number of amides is 3. The minimum Gasteiger partial charge on any atom is -0.493 e. The second-order valence-electron chi connectivity index (χ2n) is 12.6. The largest absolute Gasteiger partial charge is 0.493 e. The molecule has 0 spiro atoms. The molecule has 266 valence electrons. The first kappa shape index (κ1) is 36.4. The van der Waals surface area contributed by atoms with Crippen molar-refractivity contribution in [3.63, 3.8) is 0 Å². The molecular weight excluding hydrogens is 642 g/mol. The van der Waals surface area contributed by atoms with Gasteiger partial charge in [0.1, 0.15) is 18.5 Å². The van der Waals surface area contributed by atoms with E-state index in [2.05, 4.69) is 23.6 Å². The molecule has 3 aliphatic heterocycles. The van der Waals surface area contributed by atoms with E-state index < -0.39 is 22.6 Å². The van der Waals surface area contributed by atoms with Crippen molar-refractivity contribution in [1.29, 1.82) is 0 Å². The van der Waals surface area contributed by atoms with E-state index in [4.69, 9.17) is 9.47 Å². The molecule has 0 aliphatic carbocycles. The number of aldehydes is 1. The maximum atomic E-state index is 13.2. The number of unbranched alkanes of at least 4 members (excludes halogenated alkanes) is 1. The van der Waals surface area contributed by atoms with Gasteiger partial charge in [-0.3, -0.25) is 39.2 Å². The van der Waals surface area contributed by atoms with Crippen LogP contribution in [-0.2, 0) is 4.79 Å². The summed E-state index contributed by atoms with van der Waals surface area (Å²) in [5, 5.41) is 13.5. The Morgan fingerprint density at radius 1 is 0.900 bits per heavy atom. The zero-order valence-corrected chi connectivity index (χ0v) is 29.0. The molecule has 0 N–H and O–H groups in total. The summed E-state index contributed by atoms with van der Waals surface area (Å²) in [5.41, 5.74) is 0.558. The smallest absolute Gasteiger partial charge is 0.286 e. The van der Waals surface area contributed by atoms with Crippen LogP contribution in [0.3, 0.4) is 0 Å². The predicted molar refractivity (Wildman–Crippen MR) is 188 cm³/mol. The summed E-state index contributed by atoms with van der Waals surface area (Å²) in [7, 11) is 1.40. The van der Waals surface area contributed by atoms with E-state index in [-0.39, 0.29) is 35.5 Å². The Hall–Kier alpha value is -4.88. The molecule has 6 rings (SSSR count). The van der Waals surface area contributed by atoms with E-state index in [1.807, 2.05) is 24.3 Å². The predicted octanol–water partition coefficient (Wildman–Crippen LogP) is 4.66. The summed E-state index contributed by atoms with van der Waals surface area (Å²) in [6.07, 6.45) is 4.51. The molecular formula is C37H45N5O8. The first-order valence-corrected chi connectivity index (χ1v) is 17.3. The van der Waals surface area contributed by atoms with Gasteiger partial charge < -0.3 is 19.2 Å². The highest BCUT2D eigenvalue weighted by Crippen LogP contribution is 2.36. The molecule has 0 saturated carbocycles. The Morgan fingerprint density at radius 2 is 1.52 bits per heavy atom. The van der Waals surface area contributed by atoms with E-state index in [1.54, 1.807) is 12.1 Å². The lowest BCUT2D eigenvalue weighted by Gasteiger charge is -2.36. The highest BCUT2D eigenvalue weighted by molar-refractivity contribution is 6.25. The molecule has 3 heterocycles. The first-order chi connectivity index (χ1) is 24.2. The number of carbonyl (C=O) groups is 4. The van der Waals surface area contributed by atoms with Gasteiger partial charge in [-0.15, -0.1) is 0 Å². The van der Waals surface area contributed by atoms with Crippen LogP contribution < -0.4 is 9.47 Å². The fraction of sp³-hybridized carbons (Fsp3) is 0.459. The summed E-state index contributed by atoms with van der Waals surface area (Å²) in [5.74, 6) is -0.758. The molecule has 1 atom stereocenters. The highest BCUT2D eigenvalue weighted by atomic mass is 16.6. The first-order valence-electron chi connectivity index (χ1n) is 17.3.